The topological polar surface area (TPSA) is 114 Å². The van der Waals surface area contributed by atoms with Gasteiger partial charge in [0.15, 0.2) is 28.5 Å². The third-order valence-corrected chi connectivity index (χ3v) is 6.81. The fourth-order valence-electron chi connectivity index (χ4n) is 4.86. The maximum Gasteiger partial charge on any atom is 0.255 e. The van der Waals surface area contributed by atoms with Gasteiger partial charge in [0.2, 0.25) is 17.4 Å². The lowest BCUT2D eigenvalue weighted by Crippen LogP contribution is -2.67. The Bertz CT molecular complexity index is 1360. The molecule has 0 aromatic heterocycles. The summed E-state index contributed by atoms with van der Waals surface area (Å²) in [5.41, 5.74) is -0.0706. The minimum atomic E-state index is -1.42. The molecule has 4 rings (SSSR count). The number of hydrogen-bond acceptors (Lipinski definition) is 9. The van der Waals surface area contributed by atoms with Crippen molar-refractivity contribution in [2.75, 3.05) is 60.0 Å². The molecule has 3 aromatic rings. The minimum absolute atomic E-state index is 0.0910. The van der Waals surface area contributed by atoms with Gasteiger partial charge in [-0.25, -0.2) is 0 Å². The van der Waals surface area contributed by atoms with Crippen LogP contribution in [0.1, 0.15) is 12.0 Å². The van der Waals surface area contributed by atoms with Gasteiger partial charge in [0.05, 0.1) is 61.9 Å². The molecular formula is C29H32N2O9. The van der Waals surface area contributed by atoms with Crippen LogP contribution in [0.4, 0.5) is 11.4 Å². The summed E-state index contributed by atoms with van der Waals surface area (Å²) in [6, 6.07) is 13.5. The number of amides is 2. The van der Waals surface area contributed by atoms with Gasteiger partial charge in [-0.05, 0) is 17.7 Å². The Morgan fingerprint density at radius 3 is 1.57 bits per heavy atom. The van der Waals surface area contributed by atoms with Crippen LogP contribution in [0.3, 0.4) is 0 Å². The highest BCUT2D eigenvalue weighted by atomic mass is 16.5. The number of hydrogen-bond donors (Lipinski definition) is 1. The molecule has 11 nitrogen and oxygen atoms in total. The number of methoxy groups -OCH3 is 7. The van der Waals surface area contributed by atoms with Gasteiger partial charge in [-0.3, -0.25) is 14.5 Å². The van der Waals surface area contributed by atoms with E-state index in [1.807, 2.05) is 0 Å². The molecule has 0 spiro atoms. The van der Waals surface area contributed by atoms with Crippen LogP contribution >= 0.6 is 0 Å². The summed E-state index contributed by atoms with van der Waals surface area (Å²) in [6.45, 7) is 0. The second-order valence-electron chi connectivity index (χ2n) is 8.75. The molecule has 0 bridgehead atoms. The van der Waals surface area contributed by atoms with E-state index >= 15 is 0 Å². The highest BCUT2D eigenvalue weighted by Crippen LogP contribution is 2.50. The summed E-state index contributed by atoms with van der Waals surface area (Å²) in [4.78, 5) is 29.0. The van der Waals surface area contributed by atoms with Gasteiger partial charge in [-0.1, -0.05) is 12.1 Å². The van der Waals surface area contributed by atoms with E-state index in [1.165, 1.54) is 47.6 Å². The third kappa shape index (κ3) is 4.63. The Kier molecular flexibility index (Phi) is 8.13. The van der Waals surface area contributed by atoms with Gasteiger partial charge in [-0.15, -0.1) is 0 Å². The number of carbonyl (C=O) groups excluding carboxylic acids is 2. The second-order valence-corrected chi connectivity index (χ2v) is 8.75. The second kappa shape index (κ2) is 11.5. The number of carbonyl (C=O) groups is 2. The number of anilines is 2. The van der Waals surface area contributed by atoms with Crippen LogP contribution in [0.25, 0.3) is 0 Å². The van der Waals surface area contributed by atoms with Crippen molar-refractivity contribution in [3.05, 3.63) is 54.1 Å². The molecule has 1 N–H and O–H groups in total. The van der Waals surface area contributed by atoms with Gasteiger partial charge in [0, 0.05) is 30.0 Å². The molecule has 3 aromatic carbocycles. The summed E-state index contributed by atoms with van der Waals surface area (Å²) in [7, 11) is 10.5. The SMILES string of the molecule is COc1ccc(C2(C(=O)Nc3cc(OC)c(OC)c(OC)c3)CC(=O)N2c2cc(OC)c(OC)c(OC)c2)cc1. The number of nitrogens with one attached hydrogen (secondary N) is 1. The molecule has 0 radical (unpaired) electrons. The molecule has 212 valence electrons. The van der Waals surface area contributed by atoms with E-state index in [4.69, 9.17) is 33.2 Å². The van der Waals surface area contributed by atoms with Crippen LogP contribution in [0, 0.1) is 0 Å². The maximum atomic E-state index is 14.3. The molecule has 11 heteroatoms. The summed E-state index contributed by atoms with van der Waals surface area (Å²) in [5, 5.41) is 2.95. The van der Waals surface area contributed by atoms with Gasteiger partial charge in [0.1, 0.15) is 5.75 Å². The predicted octanol–water partition coefficient (Wildman–Crippen LogP) is 4.02. The average molecular weight is 553 g/mol. The highest BCUT2D eigenvalue weighted by molar-refractivity contribution is 6.17. The van der Waals surface area contributed by atoms with E-state index in [9.17, 15) is 9.59 Å². The zero-order chi connectivity index (χ0) is 29.0. The smallest absolute Gasteiger partial charge is 0.255 e. The largest absolute Gasteiger partial charge is 0.497 e. The number of β-lactam (4-membered cyclic amide) rings is 1. The van der Waals surface area contributed by atoms with E-state index in [2.05, 4.69) is 5.32 Å². The standard InChI is InChI=1S/C29H32N2O9/c1-34-20-10-8-17(9-11-20)29(28(33)30-18-12-21(35-2)26(39-6)22(13-18)36-3)16-25(32)31(29)19-14-23(37-4)27(40-7)24(15-19)38-5/h8-15H,16H2,1-7H3,(H,30,33). The Hall–Kier alpha value is -4.80. The van der Waals surface area contributed by atoms with Crippen LogP contribution in [-0.2, 0) is 15.1 Å². The third-order valence-electron chi connectivity index (χ3n) is 6.81. The van der Waals surface area contributed by atoms with Gasteiger partial charge in [-0.2, -0.15) is 0 Å². The van der Waals surface area contributed by atoms with E-state index in [1.54, 1.807) is 55.6 Å². The molecule has 1 saturated heterocycles. The summed E-state index contributed by atoms with van der Waals surface area (Å²) < 4.78 is 38.1. The molecule has 1 fully saturated rings. The van der Waals surface area contributed by atoms with Gasteiger partial charge < -0.3 is 38.5 Å². The normalized spacial score (nSPS) is 16.0. The number of ether oxygens (including phenoxy) is 7. The Morgan fingerprint density at radius 1 is 0.700 bits per heavy atom. The lowest BCUT2D eigenvalue weighted by molar-refractivity contribution is -0.137. The fraction of sp³-hybridized carbons (Fsp3) is 0.310. The number of nitrogens with zero attached hydrogens (tertiary/aromatic N) is 1. The quantitative estimate of drug-likeness (QED) is 0.352. The fourth-order valence-corrected chi connectivity index (χ4v) is 4.86. The van der Waals surface area contributed by atoms with E-state index < -0.39 is 11.4 Å². The first-order valence-corrected chi connectivity index (χ1v) is 12.2. The first-order chi connectivity index (χ1) is 19.3. The molecular weight excluding hydrogens is 520 g/mol. The molecule has 1 unspecified atom stereocenters. The molecule has 1 aliphatic heterocycles. The van der Waals surface area contributed by atoms with Crippen LogP contribution < -0.4 is 43.4 Å². The van der Waals surface area contributed by atoms with Crippen molar-refractivity contribution in [1.29, 1.82) is 0 Å². The van der Waals surface area contributed by atoms with Crippen LogP contribution in [0.15, 0.2) is 48.5 Å². The van der Waals surface area contributed by atoms with Crippen molar-refractivity contribution in [2.45, 2.75) is 12.0 Å². The summed E-state index contributed by atoms with van der Waals surface area (Å²) in [5.74, 6) is 2.02. The van der Waals surface area contributed by atoms with Crippen molar-refractivity contribution in [2.24, 2.45) is 0 Å². The molecule has 1 atom stereocenters. The molecule has 1 heterocycles. The number of rotatable bonds is 11. The van der Waals surface area contributed by atoms with E-state index in [0.717, 1.165) is 0 Å². The summed E-state index contributed by atoms with van der Waals surface area (Å²) >= 11 is 0. The lowest BCUT2D eigenvalue weighted by Gasteiger charge is -2.50. The Balaban J connectivity index is 1.86. The van der Waals surface area contributed by atoms with Crippen molar-refractivity contribution < 1.29 is 42.7 Å². The van der Waals surface area contributed by atoms with Crippen LogP contribution in [-0.4, -0.2) is 61.6 Å². The first-order valence-electron chi connectivity index (χ1n) is 12.2. The van der Waals surface area contributed by atoms with Crippen molar-refractivity contribution >= 4 is 23.2 Å². The van der Waals surface area contributed by atoms with Crippen molar-refractivity contribution in [3.8, 4) is 40.2 Å². The Morgan fingerprint density at radius 2 is 1.18 bits per heavy atom. The van der Waals surface area contributed by atoms with E-state index in [0.29, 0.717) is 57.2 Å². The zero-order valence-electron chi connectivity index (χ0n) is 23.4. The summed E-state index contributed by atoms with van der Waals surface area (Å²) in [6.07, 6.45) is -0.0910. The maximum absolute atomic E-state index is 14.3. The molecule has 1 aliphatic rings. The highest BCUT2D eigenvalue weighted by Gasteiger charge is 2.59. The lowest BCUT2D eigenvalue weighted by atomic mass is 9.76. The van der Waals surface area contributed by atoms with Crippen LogP contribution in [0.5, 0.6) is 40.2 Å². The van der Waals surface area contributed by atoms with Gasteiger partial charge >= 0.3 is 0 Å². The first kappa shape index (κ1) is 28.2. The van der Waals surface area contributed by atoms with Crippen molar-refractivity contribution in [1.82, 2.24) is 0 Å². The molecule has 40 heavy (non-hydrogen) atoms. The van der Waals surface area contributed by atoms with Crippen molar-refractivity contribution in [3.63, 3.8) is 0 Å². The minimum Gasteiger partial charge on any atom is -0.497 e. The molecule has 0 saturated carbocycles. The molecule has 0 aliphatic carbocycles. The number of benzene rings is 3. The Labute approximate surface area is 232 Å². The van der Waals surface area contributed by atoms with Crippen LogP contribution in [0.2, 0.25) is 0 Å². The van der Waals surface area contributed by atoms with E-state index in [-0.39, 0.29) is 12.3 Å². The van der Waals surface area contributed by atoms with Gasteiger partial charge in [0.25, 0.3) is 5.91 Å². The average Bonchev–Trinajstić information content (AvgIpc) is 2.98. The molecule has 2 amide bonds. The zero-order valence-corrected chi connectivity index (χ0v) is 23.4. The monoisotopic (exact) mass is 552 g/mol. The predicted molar refractivity (Wildman–Crippen MR) is 148 cm³/mol.